The van der Waals surface area contributed by atoms with E-state index >= 15 is 0 Å². The summed E-state index contributed by atoms with van der Waals surface area (Å²) in [6.07, 6.45) is 1.20. The zero-order valence-electron chi connectivity index (χ0n) is 13.9. The molecule has 1 fully saturated rings. The number of aryl methyl sites for hydroxylation is 1. The molecular formula is C17H31N2O+. The Hall–Kier alpha value is -0.900. The van der Waals surface area contributed by atoms with Gasteiger partial charge in [-0.05, 0) is 12.5 Å². The summed E-state index contributed by atoms with van der Waals surface area (Å²) in [6.45, 7) is 11.7. The molecule has 1 atom stereocenters. The van der Waals surface area contributed by atoms with Gasteiger partial charge in [0.1, 0.15) is 13.1 Å². The standard InChI is InChI=1S/C15H25N2O.C2H6/c1-14-5-7-15(8-6-14)13-16-9-4-11-17(2,18-3)12-10-16;1-2/h5-8H,4,9-13H2,1-3H3;1-2H3/q+1;. The van der Waals surface area contributed by atoms with Crippen molar-refractivity contribution in [2.75, 3.05) is 40.3 Å². The lowest BCUT2D eigenvalue weighted by Gasteiger charge is -2.28. The average Bonchev–Trinajstić information content (AvgIpc) is 2.67. The molecule has 114 valence electrons. The van der Waals surface area contributed by atoms with E-state index in [1.54, 1.807) is 0 Å². The van der Waals surface area contributed by atoms with Crippen LogP contribution in [0, 0.1) is 6.92 Å². The average molecular weight is 279 g/mol. The number of hydrogen-bond acceptors (Lipinski definition) is 2. The van der Waals surface area contributed by atoms with Gasteiger partial charge in [-0.15, -0.1) is 0 Å². The highest BCUT2D eigenvalue weighted by Crippen LogP contribution is 2.13. The quantitative estimate of drug-likeness (QED) is 0.788. The van der Waals surface area contributed by atoms with Gasteiger partial charge in [-0.3, -0.25) is 4.90 Å². The number of benzene rings is 1. The normalized spacial score (nSPS) is 23.6. The smallest absolute Gasteiger partial charge is 0.121 e. The Bertz CT molecular complexity index is 377. The predicted octanol–water partition coefficient (Wildman–Crippen LogP) is 3.23. The maximum absolute atomic E-state index is 5.58. The first kappa shape index (κ1) is 17.2. The molecule has 0 spiro atoms. The van der Waals surface area contributed by atoms with Crippen LogP contribution < -0.4 is 0 Å². The zero-order chi connectivity index (χ0) is 15.0. The lowest BCUT2D eigenvalue weighted by molar-refractivity contribution is -1.09. The zero-order valence-corrected chi connectivity index (χ0v) is 13.9. The first-order valence-corrected chi connectivity index (χ1v) is 7.79. The van der Waals surface area contributed by atoms with Crippen molar-refractivity contribution in [2.24, 2.45) is 0 Å². The van der Waals surface area contributed by atoms with Crippen LogP contribution in [0.5, 0.6) is 0 Å². The fraction of sp³-hybridized carbons (Fsp3) is 0.647. The summed E-state index contributed by atoms with van der Waals surface area (Å²) in [5.41, 5.74) is 2.74. The van der Waals surface area contributed by atoms with Crippen LogP contribution >= 0.6 is 0 Å². The van der Waals surface area contributed by atoms with E-state index in [-0.39, 0.29) is 0 Å². The summed E-state index contributed by atoms with van der Waals surface area (Å²) < 4.78 is 0.740. The van der Waals surface area contributed by atoms with Crippen molar-refractivity contribution >= 4 is 0 Å². The van der Waals surface area contributed by atoms with Crippen molar-refractivity contribution < 1.29 is 9.48 Å². The Morgan fingerprint density at radius 1 is 1.10 bits per heavy atom. The van der Waals surface area contributed by atoms with E-state index in [4.69, 9.17) is 4.84 Å². The Morgan fingerprint density at radius 3 is 2.35 bits per heavy atom. The third-order valence-corrected chi connectivity index (χ3v) is 3.96. The van der Waals surface area contributed by atoms with Crippen LogP contribution in [-0.4, -0.2) is 49.9 Å². The second-order valence-electron chi connectivity index (χ2n) is 5.54. The molecule has 1 aromatic carbocycles. The first-order valence-electron chi connectivity index (χ1n) is 7.79. The van der Waals surface area contributed by atoms with Gasteiger partial charge in [-0.1, -0.05) is 43.7 Å². The molecule has 0 N–H and O–H groups in total. The van der Waals surface area contributed by atoms with Crippen molar-refractivity contribution in [1.82, 2.24) is 4.90 Å². The van der Waals surface area contributed by atoms with Crippen LogP contribution in [0.1, 0.15) is 31.4 Å². The molecule has 0 bridgehead atoms. The molecule has 1 unspecified atom stereocenters. The van der Waals surface area contributed by atoms with E-state index in [1.165, 1.54) is 24.1 Å². The lowest BCUT2D eigenvalue weighted by atomic mass is 10.1. The van der Waals surface area contributed by atoms with Gasteiger partial charge in [0.2, 0.25) is 0 Å². The molecule has 1 aliphatic heterocycles. The monoisotopic (exact) mass is 279 g/mol. The third kappa shape index (κ3) is 5.23. The van der Waals surface area contributed by atoms with Crippen LogP contribution in [0.15, 0.2) is 24.3 Å². The van der Waals surface area contributed by atoms with Crippen molar-refractivity contribution in [3.63, 3.8) is 0 Å². The van der Waals surface area contributed by atoms with Gasteiger partial charge in [0.25, 0.3) is 0 Å². The molecule has 3 heteroatoms. The number of nitrogens with zero attached hydrogens (tertiary/aromatic N) is 2. The molecule has 20 heavy (non-hydrogen) atoms. The van der Waals surface area contributed by atoms with Crippen LogP contribution in [0.25, 0.3) is 0 Å². The number of likely N-dealkylation sites (N-methyl/N-ethyl adjacent to an activating group) is 1. The molecular weight excluding hydrogens is 248 g/mol. The highest BCUT2D eigenvalue weighted by molar-refractivity contribution is 5.21. The van der Waals surface area contributed by atoms with Crippen molar-refractivity contribution in [3.05, 3.63) is 35.4 Å². The fourth-order valence-corrected chi connectivity index (χ4v) is 2.50. The molecule has 0 radical (unpaired) electrons. The van der Waals surface area contributed by atoms with E-state index in [0.29, 0.717) is 0 Å². The van der Waals surface area contributed by atoms with Crippen molar-refractivity contribution in [1.29, 1.82) is 0 Å². The topological polar surface area (TPSA) is 12.5 Å². The van der Waals surface area contributed by atoms with Gasteiger partial charge in [-0.25, -0.2) is 4.84 Å². The van der Waals surface area contributed by atoms with Crippen LogP contribution in [0.3, 0.4) is 0 Å². The number of hydroxylamine groups is 3. The van der Waals surface area contributed by atoms with Crippen LogP contribution in [0.2, 0.25) is 0 Å². The Labute approximate surface area is 124 Å². The molecule has 3 nitrogen and oxygen atoms in total. The van der Waals surface area contributed by atoms with Gasteiger partial charge in [-0.2, -0.15) is 4.65 Å². The van der Waals surface area contributed by atoms with E-state index in [9.17, 15) is 0 Å². The molecule has 0 saturated carbocycles. The molecule has 1 aromatic rings. The highest BCUT2D eigenvalue weighted by Gasteiger charge is 2.26. The molecule has 0 aliphatic carbocycles. The van der Waals surface area contributed by atoms with Crippen molar-refractivity contribution in [2.45, 2.75) is 33.7 Å². The number of quaternary nitrogens is 1. The summed E-state index contributed by atoms with van der Waals surface area (Å²) in [6, 6.07) is 8.88. The SMILES string of the molecule is CC.CO[N+]1(C)CCCN(Cc2ccc(C)cc2)CC1. The van der Waals surface area contributed by atoms with Gasteiger partial charge in [0.05, 0.1) is 20.7 Å². The first-order chi connectivity index (χ1) is 9.61. The van der Waals surface area contributed by atoms with E-state index in [2.05, 4.69) is 43.1 Å². The minimum atomic E-state index is 0.740. The molecule has 1 aliphatic rings. The van der Waals surface area contributed by atoms with Gasteiger partial charge in [0, 0.05) is 19.5 Å². The summed E-state index contributed by atoms with van der Waals surface area (Å²) in [5.74, 6) is 0. The largest absolute Gasteiger partial charge is 0.293 e. The minimum Gasteiger partial charge on any atom is -0.293 e. The van der Waals surface area contributed by atoms with Gasteiger partial charge >= 0.3 is 0 Å². The number of hydrogen-bond donors (Lipinski definition) is 0. The van der Waals surface area contributed by atoms with Crippen molar-refractivity contribution in [3.8, 4) is 0 Å². The summed E-state index contributed by atoms with van der Waals surface area (Å²) >= 11 is 0. The predicted molar refractivity (Wildman–Crippen MR) is 85.3 cm³/mol. The third-order valence-electron chi connectivity index (χ3n) is 3.96. The van der Waals surface area contributed by atoms with E-state index in [1.807, 2.05) is 21.0 Å². The molecule has 1 saturated heterocycles. The second kappa shape index (κ2) is 8.40. The molecule has 0 aromatic heterocycles. The lowest BCUT2D eigenvalue weighted by Crippen LogP contribution is -2.45. The maximum Gasteiger partial charge on any atom is 0.121 e. The summed E-state index contributed by atoms with van der Waals surface area (Å²) in [7, 11) is 3.99. The highest BCUT2D eigenvalue weighted by atomic mass is 16.7. The van der Waals surface area contributed by atoms with Crippen LogP contribution in [0.4, 0.5) is 0 Å². The van der Waals surface area contributed by atoms with E-state index in [0.717, 1.165) is 30.8 Å². The minimum absolute atomic E-state index is 0.740. The Balaban J connectivity index is 0.000000956. The molecule has 0 amide bonds. The van der Waals surface area contributed by atoms with E-state index < -0.39 is 0 Å². The van der Waals surface area contributed by atoms with Gasteiger partial charge in [0.15, 0.2) is 0 Å². The van der Waals surface area contributed by atoms with Crippen LogP contribution in [-0.2, 0) is 11.4 Å². The Morgan fingerprint density at radius 2 is 1.75 bits per heavy atom. The van der Waals surface area contributed by atoms with Gasteiger partial charge < -0.3 is 0 Å². The molecule has 1 heterocycles. The summed E-state index contributed by atoms with van der Waals surface area (Å²) in [4.78, 5) is 8.12. The fourth-order valence-electron chi connectivity index (χ4n) is 2.50. The summed E-state index contributed by atoms with van der Waals surface area (Å²) in [5, 5.41) is 0. The maximum atomic E-state index is 5.58. The number of rotatable bonds is 3. The Kier molecular flexibility index (Phi) is 7.20. The second-order valence-corrected chi connectivity index (χ2v) is 5.54. The molecule has 2 rings (SSSR count).